The number of esters is 1. The van der Waals surface area contributed by atoms with Crippen LogP contribution in [0.15, 0.2) is 73.1 Å². The number of aromatic carboxylic acids is 1. The fraction of sp³-hybridized carbons (Fsp3) is 0.359. The number of carboxylic acid groups (broad SMARTS) is 1. The second kappa shape index (κ2) is 16.5. The van der Waals surface area contributed by atoms with E-state index in [1.165, 1.54) is 38.7 Å². The van der Waals surface area contributed by atoms with Crippen molar-refractivity contribution in [3.05, 3.63) is 122 Å². The number of methoxy groups -OCH3 is 2. The van der Waals surface area contributed by atoms with E-state index in [1.807, 2.05) is 0 Å². The molecule has 3 aromatic carbocycles. The number of pyridine rings is 1. The number of ether oxygens (including phenoxy) is 3. The van der Waals surface area contributed by atoms with Crippen LogP contribution in [0.1, 0.15) is 63.0 Å². The minimum Gasteiger partial charge on any atom is -0.545 e. The maximum absolute atomic E-state index is 15.1. The minimum atomic E-state index is -1.38. The summed E-state index contributed by atoms with van der Waals surface area (Å²) in [6.45, 7) is 2.90. The fourth-order valence-electron chi connectivity index (χ4n) is 7.31. The molecule has 2 N–H and O–H groups in total. The zero-order valence-electron chi connectivity index (χ0n) is 28.8. The maximum atomic E-state index is 15.1. The molecule has 3 aliphatic heterocycles. The Kier molecular flexibility index (Phi) is 11.8. The highest BCUT2D eigenvalue weighted by Crippen LogP contribution is 2.39. The first-order valence-corrected chi connectivity index (χ1v) is 17.9. The molecule has 7 rings (SSSR count). The monoisotopic (exact) mass is 751 g/mol. The van der Waals surface area contributed by atoms with Gasteiger partial charge >= 0.3 is 5.97 Å². The predicted octanol–water partition coefficient (Wildman–Crippen LogP) is 4.92. The molecule has 0 amide bonds. The van der Waals surface area contributed by atoms with Gasteiger partial charge in [-0.1, -0.05) is 65.7 Å². The molecule has 3 fully saturated rings. The summed E-state index contributed by atoms with van der Waals surface area (Å²) in [5.74, 6) is -1.85. The van der Waals surface area contributed by atoms with Crippen molar-refractivity contribution >= 4 is 35.1 Å². The molecule has 13 heteroatoms. The van der Waals surface area contributed by atoms with Crippen molar-refractivity contribution in [2.75, 3.05) is 40.4 Å². The molecule has 0 spiro atoms. The first-order chi connectivity index (χ1) is 25.1. The van der Waals surface area contributed by atoms with Gasteiger partial charge in [0.25, 0.3) is 0 Å². The normalized spacial score (nSPS) is 19.1. The Hall–Kier alpha value is -4.42. The summed E-state index contributed by atoms with van der Waals surface area (Å²) >= 11 is 13.1. The van der Waals surface area contributed by atoms with Crippen LogP contribution in [-0.4, -0.2) is 68.5 Å². The Morgan fingerprint density at radius 3 is 2.35 bits per heavy atom. The molecular weight excluding hydrogens is 712 g/mol. The van der Waals surface area contributed by atoms with Gasteiger partial charge in [-0.15, -0.1) is 0 Å². The number of halogens is 3. The van der Waals surface area contributed by atoms with Crippen molar-refractivity contribution in [1.82, 2.24) is 10.2 Å². The lowest BCUT2D eigenvalue weighted by molar-refractivity contribution is -0.904. The number of carbonyl (C=O) groups is 2. The highest BCUT2D eigenvalue weighted by molar-refractivity contribution is 6.35. The molecule has 52 heavy (non-hydrogen) atoms. The number of nitrogens with one attached hydrogen (secondary N) is 1. The standard InChI is InChI=1S/C39H40Cl2FN3O7/c1-50-34-10-8-25(18-35(34)51-2)28(19-30-31(40)20-45(49)21-32(30)41)29-17-23(7-9-26(29)38(46)47)11-14-43-37(27-5-3-4-6-33(27)42)39(48)52-36-22-44-15-12-24(36)13-16-44/h3-10,17-18,20-21,24,28,36-37,43H,11-16,19,22H2,1-2H3,(H-,46,47,49)/t28-,36-,37?/m0/s1. The topological polar surface area (TPSA) is 124 Å². The number of hydrogen-bond donors (Lipinski definition) is 2. The number of fused-ring (bicyclic) bond motifs is 3. The van der Waals surface area contributed by atoms with Crippen LogP contribution in [0.5, 0.6) is 11.5 Å². The van der Waals surface area contributed by atoms with Gasteiger partial charge in [-0.2, -0.15) is 0 Å². The van der Waals surface area contributed by atoms with Gasteiger partial charge < -0.3 is 29.4 Å². The number of carboxylic acids is 1. The third-order valence-electron chi connectivity index (χ3n) is 10.1. The smallest absolute Gasteiger partial charge is 0.328 e. The molecule has 3 aliphatic rings. The lowest BCUT2D eigenvalue weighted by atomic mass is 9.82. The summed E-state index contributed by atoms with van der Waals surface area (Å²) in [4.78, 5) is 28.5. The molecule has 0 radical (unpaired) electrons. The summed E-state index contributed by atoms with van der Waals surface area (Å²) < 4.78 is 32.9. The first kappa shape index (κ1) is 37.3. The third kappa shape index (κ3) is 8.28. The number of rotatable bonds is 14. The minimum absolute atomic E-state index is 0.0396. The molecule has 4 aromatic rings. The van der Waals surface area contributed by atoms with E-state index in [2.05, 4.69) is 10.2 Å². The molecule has 4 heterocycles. The Balaban J connectivity index is 1.30. The second-order valence-electron chi connectivity index (χ2n) is 13.2. The van der Waals surface area contributed by atoms with Crippen LogP contribution in [0.4, 0.5) is 4.39 Å². The van der Waals surface area contributed by atoms with Crippen LogP contribution in [0.2, 0.25) is 10.0 Å². The van der Waals surface area contributed by atoms with E-state index in [1.54, 1.807) is 48.5 Å². The average molecular weight is 753 g/mol. The quantitative estimate of drug-likeness (QED) is 0.105. The third-order valence-corrected chi connectivity index (χ3v) is 10.7. The van der Waals surface area contributed by atoms with Crippen LogP contribution in [0, 0.1) is 11.7 Å². The van der Waals surface area contributed by atoms with E-state index >= 15 is 4.39 Å². The van der Waals surface area contributed by atoms with Gasteiger partial charge in [-0.25, -0.2) is 9.18 Å². The second-order valence-corrected chi connectivity index (χ2v) is 14.0. The van der Waals surface area contributed by atoms with Crippen LogP contribution in [0.25, 0.3) is 0 Å². The van der Waals surface area contributed by atoms with E-state index in [9.17, 15) is 19.9 Å². The summed E-state index contributed by atoms with van der Waals surface area (Å²) in [6, 6.07) is 15.3. The Labute approximate surface area is 311 Å². The molecule has 3 saturated heterocycles. The number of benzene rings is 3. The van der Waals surface area contributed by atoms with Crippen LogP contribution in [0.3, 0.4) is 0 Å². The van der Waals surface area contributed by atoms with Gasteiger partial charge in [0.05, 0.1) is 20.2 Å². The average Bonchev–Trinajstić information content (AvgIpc) is 3.13. The highest BCUT2D eigenvalue weighted by atomic mass is 35.5. The molecule has 1 unspecified atom stereocenters. The lowest BCUT2D eigenvalue weighted by Crippen LogP contribution is -2.52. The SMILES string of the molecule is COc1ccc([C@H](Cc2c(Cl)c[n+](O)cc2Cl)c2cc(CCNC(C(=O)O[C@H]3CN4CCC3CC4)c3ccccc3F)ccc2C(=O)[O-])cc1OC. The zero-order chi connectivity index (χ0) is 36.9. The van der Waals surface area contributed by atoms with E-state index in [0.29, 0.717) is 47.1 Å². The Morgan fingerprint density at radius 2 is 1.71 bits per heavy atom. The van der Waals surface area contributed by atoms with Gasteiger partial charge in [-0.05, 0) is 79.6 Å². The number of hydrogen-bond acceptors (Lipinski definition) is 9. The van der Waals surface area contributed by atoms with E-state index < -0.39 is 29.7 Å². The number of piperidine rings is 3. The van der Waals surface area contributed by atoms with Crippen molar-refractivity contribution in [3.8, 4) is 11.5 Å². The van der Waals surface area contributed by atoms with E-state index in [4.69, 9.17) is 37.4 Å². The number of aromatic nitrogens is 1. The Morgan fingerprint density at radius 1 is 1.00 bits per heavy atom. The maximum Gasteiger partial charge on any atom is 0.328 e. The lowest BCUT2D eigenvalue weighted by Gasteiger charge is -2.44. The van der Waals surface area contributed by atoms with Crippen LogP contribution < -0.4 is 24.6 Å². The van der Waals surface area contributed by atoms with Gasteiger partial charge in [-0.3, -0.25) is 10.1 Å². The molecule has 274 valence electrons. The molecule has 3 atom stereocenters. The zero-order valence-corrected chi connectivity index (χ0v) is 30.3. The Bertz CT molecular complexity index is 1920. The highest BCUT2D eigenvalue weighted by Gasteiger charge is 2.38. The van der Waals surface area contributed by atoms with E-state index in [-0.39, 0.29) is 40.2 Å². The summed E-state index contributed by atoms with van der Waals surface area (Å²) in [6.07, 6.45) is 4.79. The molecular formula is C39H40Cl2FN3O7. The summed E-state index contributed by atoms with van der Waals surface area (Å²) in [7, 11) is 3.02. The van der Waals surface area contributed by atoms with Crippen LogP contribution in [-0.2, 0) is 22.4 Å². The molecule has 2 bridgehead atoms. The molecule has 1 aromatic heterocycles. The number of carbonyl (C=O) groups excluding carboxylic acids is 2. The van der Waals surface area contributed by atoms with Gasteiger partial charge in [0.15, 0.2) is 11.5 Å². The summed E-state index contributed by atoms with van der Waals surface area (Å²) in [5.41, 5.74) is 2.48. The van der Waals surface area contributed by atoms with Crippen LogP contribution >= 0.6 is 23.2 Å². The van der Waals surface area contributed by atoms with Crippen molar-refractivity contribution in [2.45, 2.75) is 43.7 Å². The van der Waals surface area contributed by atoms with Crippen molar-refractivity contribution in [3.63, 3.8) is 0 Å². The van der Waals surface area contributed by atoms with E-state index in [0.717, 1.165) is 36.2 Å². The molecule has 10 nitrogen and oxygen atoms in total. The predicted molar refractivity (Wildman–Crippen MR) is 190 cm³/mol. The van der Waals surface area contributed by atoms with Crippen molar-refractivity contribution in [2.24, 2.45) is 5.92 Å². The molecule has 0 aliphatic carbocycles. The van der Waals surface area contributed by atoms with Gasteiger partial charge in [0.1, 0.15) is 28.0 Å². The van der Waals surface area contributed by atoms with Gasteiger partial charge in [0.2, 0.25) is 12.4 Å². The van der Waals surface area contributed by atoms with Crippen molar-refractivity contribution in [1.29, 1.82) is 0 Å². The van der Waals surface area contributed by atoms with Crippen molar-refractivity contribution < 1.29 is 43.2 Å². The summed E-state index contributed by atoms with van der Waals surface area (Å²) in [5, 5.41) is 26.1. The molecule has 0 saturated carbocycles. The largest absolute Gasteiger partial charge is 0.545 e. The number of nitrogens with zero attached hydrogens (tertiary/aromatic N) is 2. The fourth-order valence-corrected chi connectivity index (χ4v) is 7.92. The first-order valence-electron chi connectivity index (χ1n) is 17.1. The van der Waals surface area contributed by atoms with Gasteiger partial charge in [0, 0.05) is 40.4 Å².